The Balaban J connectivity index is 1.78. The summed E-state index contributed by atoms with van der Waals surface area (Å²) in [6.07, 6.45) is 5.05. The van der Waals surface area contributed by atoms with Gasteiger partial charge in [-0.15, -0.1) is 0 Å². The smallest absolute Gasteiger partial charge is 0.164 e. The van der Waals surface area contributed by atoms with Crippen molar-refractivity contribution < 1.29 is 9.18 Å². The van der Waals surface area contributed by atoms with Crippen LogP contribution in [0.15, 0.2) is 24.3 Å². The summed E-state index contributed by atoms with van der Waals surface area (Å²) in [4.78, 5) is 14.3. The van der Waals surface area contributed by atoms with Crippen molar-refractivity contribution in [3.63, 3.8) is 0 Å². The van der Waals surface area contributed by atoms with Gasteiger partial charge in [0.05, 0.1) is 0 Å². The minimum absolute atomic E-state index is 0.0338. The number of benzene rings is 1. The molecule has 104 valence electrons. The standard InChI is InChI=1S/C15H20FNOS/c1-19-14-5-8-17(9-6-14)10-7-15(18)12-3-2-4-13(16)11-12/h2-4,11,14H,5-10H2,1H3. The molecule has 0 aromatic heterocycles. The third kappa shape index (κ3) is 4.32. The van der Waals surface area contributed by atoms with Crippen molar-refractivity contribution >= 4 is 17.5 Å². The van der Waals surface area contributed by atoms with Crippen molar-refractivity contribution in [2.24, 2.45) is 0 Å². The zero-order chi connectivity index (χ0) is 13.7. The maximum atomic E-state index is 13.0. The molecule has 19 heavy (non-hydrogen) atoms. The van der Waals surface area contributed by atoms with Crippen LogP contribution in [0, 0.1) is 5.82 Å². The van der Waals surface area contributed by atoms with Gasteiger partial charge in [-0.25, -0.2) is 4.39 Å². The third-order valence-electron chi connectivity index (χ3n) is 3.67. The molecule has 1 aliphatic heterocycles. The first-order valence-electron chi connectivity index (χ1n) is 6.73. The molecule has 0 atom stereocenters. The van der Waals surface area contributed by atoms with Crippen LogP contribution in [0.2, 0.25) is 0 Å². The van der Waals surface area contributed by atoms with E-state index in [0.29, 0.717) is 12.0 Å². The molecule has 0 unspecified atom stereocenters. The molecule has 0 radical (unpaired) electrons. The summed E-state index contributed by atoms with van der Waals surface area (Å²) in [5, 5.41) is 0.773. The molecule has 2 nitrogen and oxygen atoms in total. The molecule has 2 rings (SSSR count). The van der Waals surface area contributed by atoms with Gasteiger partial charge in [0.25, 0.3) is 0 Å². The Morgan fingerprint density at radius 3 is 2.79 bits per heavy atom. The highest BCUT2D eigenvalue weighted by molar-refractivity contribution is 7.99. The van der Waals surface area contributed by atoms with E-state index < -0.39 is 0 Å². The molecule has 1 aliphatic rings. The lowest BCUT2D eigenvalue weighted by atomic mass is 10.1. The van der Waals surface area contributed by atoms with E-state index in [4.69, 9.17) is 0 Å². The van der Waals surface area contributed by atoms with E-state index in [0.717, 1.165) is 24.9 Å². The fourth-order valence-corrected chi connectivity index (χ4v) is 3.12. The first-order valence-corrected chi connectivity index (χ1v) is 8.02. The molecule has 0 spiro atoms. The van der Waals surface area contributed by atoms with E-state index >= 15 is 0 Å². The number of nitrogens with zero attached hydrogens (tertiary/aromatic N) is 1. The molecular weight excluding hydrogens is 261 g/mol. The van der Waals surface area contributed by atoms with Crippen molar-refractivity contribution in [1.82, 2.24) is 4.90 Å². The maximum absolute atomic E-state index is 13.0. The molecule has 1 heterocycles. The zero-order valence-electron chi connectivity index (χ0n) is 11.3. The van der Waals surface area contributed by atoms with E-state index in [1.54, 1.807) is 12.1 Å². The minimum Gasteiger partial charge on any atom is -0.303 e. The van der Waals surface area contributed by atoms with Gasteiger partial charge in [0.1, 0.15) is 5.82 Å². The number of thioether (sulfide) groups is 1. The second-order valence-electron chi connectivity index (χ2n) is 4.96. The van der Waals surface area contributed by atoms with Crippen LogP contribution in [0.25, 0.3) is 0 Å². The van der Waals surface area contributed by atoms with Gasteiger partial charge >= 0.3 is 0 Å². The van der Waals surface area contributed by atoms with E-state index in [-0.39, 0.29) is 11.6 Å². The predicted molar refractivity (Wildman–Crippen MR) is 78.3 cm³/mol. The summed E-state index contributed by atoms with van der Waals surface area (Å²) in [6.45, 7) is 2.93. The average molecular weight is 281 g/mol. The summed E-state index contributed by atoms with van der Waals surface area (Å²) in [5.74, 6) is -0.307. The van der Waals surface area contributed by atoms with Gasteiger partial charge < -0.3 is 4.90 Å². The first kappa shape index (κ1) is 14.5. The molecule has 0 saturated carbocycles. The number of halogens is 1. The molecule has 1 aromatic rings. The van der Waals surface area contributed by atoms with Gasteiger partial charge in [-0.2, -0.15) is 11.8 Å². The Kier molecular flexibility index (Phi) is 5.40. The zero-order valence-corrected chi connectivity index (χ0v) is 12.1. The predicted octanol–water partition coefficient (Wildman–Crippen LogP) is 3.23. The lowest BCUT2D eigenvalue weighted by Crippen LogP contribution is -2.36. The van der Waals surface area contributed by atoms with Crippen molar-refractivity contribution in [2.75, 3.05) is 25.9 Å². The van der Waals surface area contributed by atoms with Crippen LogP contribution in [0.1, 0.15) is 29.6 Å². The minimum atomic E-state index is -0.341. The number of likely N-dealkylation sites (tertiary alicyclic amines) is 1. The van der Waals surface area contributed by atoms with E-state index in [2.05, 4.69) is 11.2 Å². The first-order chi connectivity index (χ1) is 9.19. The summed E-state index contributed by atoms with van der Waals surface area (Å²) >= 11 is 1.94. The quantitative estimate of drug-likeness (QED) is 0.773. The molecule has 1 fully saturated rings. The SMILES string of the molecule is CSC1CCN(CCC(=O)c2cccc(F)c2)CC1. The van der Waals surface area contributed by atoms with E-state index in [1.165, 1.54) is 25.0 Å². The Labute approximate surface area is 118 Å². The van der Waals surface area contributed by atoms with Gasteiger partial charge in [-0.3, -0.25) is 4.79 Å². The van der Waals surface area contributed by atoms with Gasteiger partial charge in [-0.1, -0.05) is 12.1 Å². The number of Topliss-reactive ketones (excluding diaryl/α,β-unsaturated/α-hetero) is 1. The summed E-state index contributed by atoms with van der Waals surface area (Å²) in [6, 6.07) is 5.96. The Bertz CT molecular complexity index is 430. The number of hydrogen-bond acceptors (Lipinski definition) is 3. The van der Waals surface area contributed by atoms with Crippen LogP contribution in [-0.4, -0.2) is 41.8 Å². The summed E-state index contributed by atoms with van der Waals surface area (Å²) < 4.78 is 13.0. The number of piperidine rings is 1. The second-order valence-corrected chi connectivity index (χ2v) is 6.10. The van der Waals surface area contributed by atoms with Crippen LogP contribution in [-0.2, 0) is 0 Å². The Morgan fingerprint density at radius 2 is 2.16 bits per heavy atom. The summed E-state index contributed by atoms with van der Waals surface area (Å²) in [5.41, 5.74) is 0.485. The average Bonchev–Trinajstić information content (AvgIpc) is 2.45. The van der Waals surface area contributed by atoms with Crippen LogP contribution in [0.3, 0.4) is 0 Å². The van der Waals surface area contributed by atoms with Crippen molar-refractivity contribution in [1.29, 1.82) is 0 Å². The topological polar surface area (TPSA) is 20.3 Å². The van der Waals surface area contributed by atoms with E-state index in [1.807, 2.05) is 11.8 Å². The second kappa shape index (κ2) is 7.06. The van der Waals surface area contributed by atoms with Gasteiger partial charge in [0.15, 0.2) is 5.78 Å². The van der Waals surface area contributed by atoms with Gasteiger partial charge in [0, 0.05) is 23.8 Å². The number of carbonyl (C=O) groups excluding carboxylic acids is 1. The molecule has 0 bridgehead atoms. The molecule has 1 aromatic carbocycles. The highest BCUT2D eigenvalue weighted by atomic mass is 32.2. The largest absolute Gasteiger partial charge is 0.303 e. The van der Waals surface area contributed by atoms with Crippen molar-refractivity contribution in [3.8, 4) is 0 Å². The fraction of sp³-hybridized carbons (Fsp3) is 0.533. The normalized spacial score (nSPS) is 17.6. The maximum Gasteiger partial charge on any atom is 0.164 e. The molecule has 1 saturated heterocycles. The van der Waals surface area contributed by atoms with Crippen LogP contribution in [0.5, 0.6) is 0 Å². The van der Waals surface area contributed by atoms with Crippen molar-refractivity contribution in [2.45, 2.75) is 24.5 Å². The third-order valence-corrected chi connectivity index (χ3v) is 4.81. The summed E-state index contributed by atoms with van der Waals surface area (Å²) in [7, 11) is 0. The highest BCUT2D eigenvalue weighted by Crippen LogP contribution is 2.21. The number of hydrogen-bond donors (Lipinski definition) is 0. The Hall–Kier alpha value is -0.870. The molecule has 0 N–H and O–H groups in total. The van der Waals surface area contributed by atoms with Crippen LogP contribution in [0.4, 0.5) is 4.39 Å². The van der Waals surface area contributed by atoms with Gasteiger partial charge in [-0.05, 0) is 44.3 Å². The Morgan fingerprint density at radius 1 is 1.42 bits per heavy atom. The number of ketones is 1. The van der Waals surface area contributed by atoms with Crippen LogP contribution >= 0.6 is 11.8 Å². The molecule has 0 amide bonds. The van der Waals surface area contributed by atoms with Crippen LogP contribution < -0.4 is 0 Å². The lowest BCUT2D eigenvalue weighted by molar-refractivity contribution is 0.0959. The monoisotopic (exact) mass is 281 g/mol. The molecule has 4 heteroatoms. The lowest BCUT2D eigenvalue weighted by Gasteiger charge is -2.30. The fourth-order valence-electron chi connectivity index (χ4n) is 2.43. The van der Waals surface area contributed by atoms with Gasteiger partial charge in [0.2, 0.25) is 0 Å². The molecule has 0 aliphatic carbocycles. The highest BCUT2D eigenvalue weighted by Gasteiger charge is 2.18. The molecular formula is C15H20FNOS. The van der Waals surface area contributed by atoms with Crippen molar-refractivity contribution in [3.05, 3.63) is 35.6 Å². The number of carbonyl (C=O) groups is 1. The number of rotatable bonds is 5. The van der Waals surface area contributed by atoms with E-state index in [9.17, 15) is 9.18 Å².